The van der Waals surface area contributed by atoms with Crippen LogP contribution in [0.1, 0.15) is 32.0 Å². The molecule has 116 valence electrons. The molecule has 1 aliphatic rings. The number of imidazole rings is 1. The van der Waals surface area contributed by atoms with Crippen LogP contribution in [0, 0.1) is 12.8 Å². The molecule has 22 heavy (non-hydrogen) atoms. The number of hydrogen-bond acceptors (Lipinski definition) is 2. The van der Waals surface area contributed by atoms with Crippen LogP contribution in [0.4, 0.5) is 0 Å². The molecule has 1 aromatic heterocycles. The molecule has 0 bridgehead atoms. The Labute approximate surface area is 131 Å². The second-order valence-corrected chi connectivity index (χ2v) is 6.51. The van der Waals surface area contributed by atoms with Crippen LogP contribution >= 0.6 is 0 Å². The molecule has 1 saturated heterocycles. The van der Waals surface area contributed by atoms with Gasteiger partial charge < -0.3 is 9.47 Å². The summed E-state index contributed by atoms with van der Waals surface area (Å²) in [5.41, 5.74) is 2.28. The minimum absolute atomic E-state index is 0.269. The fourth-order valence-electron chi connectivity index (χ4n) is 3.01. The number of benzene rings is 1. The van der Waals surface area contributed by atoms with Gasteiger partial charge in [0.05, 0.1) is 6.04 Å². The summed E-state index contributed by atoms with van der Waals surface area (Å²) in [5.74, 6) is 1.69. The lowest BCUT2D eigenvalue weighted by Crippen LogP contribution is -2.51. The van der Waals surface area contributed by atoms with E-state index in [0.29, 0.717) is 18.4 Å². The molecule has 0 N–H and O–H groups in total. The van der Waals surface area contributed by atoms with Gasteiger partial charge in [-0.25, -0.2) is 4.98 Å². The lowest BCUT2D eigenvalue weighted by Gasteiger charge is -2.41. The standard InChI is InChI=1S/C18H23N3O/c1-13(2)9-17(22)20-11-16(12-20)21-14(3)10-19-18(21)15-7-5-4-6-8-15/h4-8,10,13,16H,9,11-12H2,1-3H3. The van der Waals surface area contributed by atoms with E-state index in [-0.39, 0.29) is 5.91 Å². The summed E-state index contributed by atoms with van der Waals surface area (Å²) >= 11 is 0. The Hall–Kier alpha value is -2.10. The summed E-state index contributed by atoms with van der Waals surface area (Å²) in [7, 11) is 0. The molecule has 1 fully saturated rings. The van der Waals surface area contributed by atoms with Gasteiger partial charge in [-0.2, -0.15) is 0 Å². The summed E-state index contributed by atoms with van der Waals surface area (Å²) in [5, 5.41) is 0. The Balaban J connectivity index is 1.75. The second kappa shape index (κ2) is 5.95. The van der Waals surface area contributed by atoms with Crippen molar-refractivity contribution in [3.63, 3.8) is 0 Å². The maximum Gasteiger partial charge on any atom is 0.222 e. The number of carbonyl (C=O) groups excluding carboxylic acids is 1. The van der Waals surface area contributed by atoms with Crippen LogP contribution in [0.2, 0.25) is 0 Å². The number of hydrogen-bond donors (Lipinski definition) is 0. The van der Waals surface area contributed by atoms with Gasteiger partial charge in [-0.05, 0) is 12.8 Å². The molecule has 0 spiro atoms. The molecule has 0 aliphatic carbocycles. The summed E-state index contributed by atoms with van der Waals surface area (Å²) in [4.78, 5) is 18.6. The summed E-state index contributed by atoms with van der Waals surface area (Å²) in [6.07, 6.45) is 2.56. The Morgan fingerprint density at radius 1 is 1.27 bits per heavy atom. The lowest BCUT2D eigenvalue weighted by atomic mass is 10.0. The highest BCUT2D eigenvalue weighted by molar-refractivity contribution is 5.77. The molecule has 2 aromatic rings. The average Bonchev–Trinajstić information content (AvgIpc) is 2.80. The summed E-state index contributed by atoms with van der Waals surface area (Å²) in [6.45, 7) is 7.84. The smallest absolute Gasteiger partial charge is 0.222 e. The minimum Gasteiger partial charge on any atom is -0.338 e. The molecule has 0 atom stereocenters. The van der Waals surface area contributed by atoms with Gasteiger partial charge in [-0.15, -0.1) is 0 Å². The molecule has 0 unspecified atom stereocenters. The van der Waals surface area contributed by atoms with Crippen LogP contribution in [0.15, 0.2) is 36.5 Å². The maximum atomic E-state index is 12.1. The van der Waals surface area contributed by atoms with Gasteiger partial charge in [-0.3, -0.25) is 4.79 Å². The number of aryl methyl sites for hydroxylation is 1. The van der Waals surface area contributed by atoms with E-state index in [2.05, 4.69) is 42.5 Å². The molecule has 4 heteroatoms. The fraction of sp³-hybridized carbons (Fsp3) is 0.444. The summed E-state index contributed by atoms with van der Waals surface area (Å²) < 4.78 is 2.27. The predicted octanol–water partition coefficient (Wildman–Crippen LogP) is 3.29. The minimum atomic E-state index is 0.269. The molecular formula is C18H23N3O. The average molecular weight is 297 g/mol. The first-order valence-electron chi connectivity index (χ1n) is 7.93. The van der Waals surface area contributed by atoms with Gasteiger partial charge >= 0.3 is 0 Å². The first-order chi connectivity index (χ1) is 10.6. The Bertz CT molecular complexity index is 654. The Morgan fingerprint density at radius 2 is 1.95 bits per heavy atom. The Morgan fingerprint density at radius 3 is 2.59 bits per heavy atom. The van der Waals surface area contributed by atoms with Crippen molar-refractivity contribution >= 4 is 5.91 Å². The van der Waals surface area contributed by atoms with E-state index < -0.39 is 0 Å². The van der Waals surface area contributed by atoms with Gasteiger partial charge in [0, 0.05) is 37.0 Å². The van der Waals surface area contributed by atoms with Crippen molar-refractivity contribution in [1.29, 1.82) is 0 Å². The molecule has 1 amide bonds. The third kappa shape index (κ3) is 2.78. The zero-order chi connectivity index (χ0) is 15.7. The topological polar surface area (TPSA) is 38.1 Å². The first-order valence-corrected chi connectivity index (χ1v) is 7.93. The van der Waals surface area contributed by atoms with Gasteiger partial charge in [-0.1, -0.05) is 44.2 Å². The van der Waals surface area contributed by atoms with Crippen molar-refractivity contribution in [2.45, 2.75) is 33.2 Å². The van der Waals surface area contributed by atoms with E-state index in [9.17, 15) is 4.79 Å². The second-order valence-electron chi connectivity index (χ2n) is 6.51. The first kappa shape index (κ1) is 14.8. The number of carbonyl (C=O) groups is 1. The van der Waals surface area contributed by atoms with Crippen LogP contribution in [-0.4, -0.2) is 33.4 Å². The maximum absolute atomic E-state index is 12.1. The van der Waals surface area contributed by atoms with Crippen molar-refractivity contribution < 1.29 is 4.79 Å². The molecule has 0 saturated carbocycles. The third-order valence-corrected chi connectivity index (χ3v) is 4.18. The van der Waals surface area contributed by atoms with Gasteiger partial charge in [0.15, 0.2) is 0 Å². The predicted molar refractivity (Wildman–Crippen MR) is 87.5 cm³/mol. The lowest BCUT2D eigenvalue weighted by molar-refractivity contribution is -0.137. The van der Waals surface area contributed by atoms with Crippen molar-refractivity contribution in [3.05, 3.63) is 42.2 Å². The highest BCUT2D eigenvalue weighted by Crippen LogP contribution is 2.30. The van der Waals surface area contributed by atoms with E-state index in [1.165, 1.54) is 0 Å². The monoisotopic (exact) mass is 297 g/mol. The number of rotatable bonds is 4. The molecule has 3 rings (SSSR count). The molecule has 0 radical (unpaired) electrons. The van der Waals surface area contributed by atoms with E-state index in [4.69, 9.17) is 0 Å². The number of aromatic nitrogens is 2. The number of likely N-dealkylation sites (tertiary alicyclic amines) is 1. The van der Waals surface area contributed by atoms with E-state index >= 15 is 0 Å². The zero-order valence-electron chi connectivity index (χ0n) is 13.5. The largest absolute Gasteiger partial charge is 0.338 e. The molecular weight excluding hydrogens is 274 g/mol. The quantitative estimate of drug-likeness (QED) is 0.868. The van der Waals surface area contributed by atoms with Crippen LogP contribution < -0.4 is 0 Å². The van der Waals surface area contributed by atoms with Crippen molar-refractivity contribution in [1.82, 2.24) is 14.5 Å². The van der Waals surface area contributed by atoms with E-state index in [1.54, 1.807) is 0 Å². The van der Waals surface area contributed by atoms with Crippen molar-refractivity contribution in [2.75, 3.05) is 13.1 Å². The SMILES string of the molecule is Cc1cnc(-c2ccccc2)n1C1CN(C(=O)CC(C)C)C1. The zero-order valence-corrected chi connectivity index (χ0v) is 13.5. The van der Waals surface area contributed by atoms with Crippen LogP contribution in [-0.2, 0) is 4.79 Å². The third-order valence-electron chi connectivity index (χ3n) is 4.18. The van der Waals surface area contributed by atoms with Gasteiger partial charge in [0.1, 0.15) is 5.82 Å². The number of amides is 1. The Kier molecular flexibility index (Phi) is 4.01. The molecule has 2 heterocycles. The van der Waals surface area contributed by atoms with Crippen molar-refractivity contribution in [3.8, 4) is 11.4 Å². The van der Waals surface area contributed by atoms with Gasteiger partial charge in [0.25, 0.3) is 0 Å². The molecule has 4 nitrogen and oxygen atoms in total. The van der Waals surface area contributed by atoms with E-state index in [0.717, 1.165) is 30.2 Å². The van der Waals surface area contributed by atoms with E-state index in [1.807, 2.05) is 29.3 Å². The van der Waals surface area contributed by atoms with Crippen LogP contribution in [0.3, 0.4) is 0 Å². The normalized spacial score (nSPS) is 15.2. The molecule has 1 aromatic carbocycles. The highest BCUT2D eigenvalue weighted by Gasteiger charge is 2.33. The van der Waals surface area contributed by atoms with Gasteiger partial charge in [0.2, 0.25) is 5.91 Å². The summed E-state index contributed by atoms with van der Waals surface area (Å²) in [6, 6.07) is 10.6. The number of nitrogens with zero attached hydrogens (tertiary/aromatic N) is 3. The van der Waals surface area contributed by atoms with Crippen LogP contribution in [0.25, 0.3) is 11.4 Å². The van der Waals surface area contributed by atoms with Crippen molar-refractivity contribution in [2.24, 2.45) is 5.92 Å². The molecule has 1 aliphatic heterocycles. The highest BCUT2D eigenvalue weighted by atomic mass is 16.2. The fourth-order valence-corrected chi connectivity index (χ4v) is 3.01. The van der Waals surface area contributed by atoms with Crippen LogP contribution in [0.5, 0.6) is 0 Å².